The number of rotatable bonds is 2. The fourth-order valence-corrected chi connectivity index (χ4v) is 3.20. The van der Waals surface area contributed by atoms with Crippen molar-refractivity contribution in [2.24, 2.45) is 5.92 Å². The van der Waals surface area contributed by atoms with Gasteiger partial charge in [-0.3, -0.25) is 14.5 Å². The fraction of sp³-hybridized carbons (Fsp3) is 0.529. The molecule has 138 valence electrons. The van der Waals surface area contributed by atoms with Crippen molar-refractivity contribution >= 4 is 12.4 Å². The molecule has 3 rings (SSSR count). The van der Waals surface area contributed by atoms with Crippen molar-refractivity contribution in [3.05, 3.63) is 29.6 Å². The van der Waals surface area contributed by atoms with E-state index in [-0.39, 0.29) is 24.2 Å². The first-order valence-electron chi connectivity index (χ1n) is 7.98. The number of carbonyl (C=O) groups is 2. The Kier molecular flexibility index (Phi) is 6.72. The molecule has 8 heteroatoms. The molecule has 7 nitrogen and oxygen atoms in total. The molecule has 2 atom stereocenters. The zero-order chi connectivity index (χ0) is 18.4. The highest BCUT2D eigenvalue weighted by Crippen LogP contribution is 2.22. The third-order valence-electron chi connectivity index (χ3n) is 4.43. The van der Waals surface area contributed by atoms with Crippen LogP contribution in [0.15, 0.2) is 18.2 Å². The lowest BCUT2D eigenvalue weighted by atomic mass is 10.1. The van der Waals surface area contributed by atoms with Crippen molar-refractivity contribution in [2.75, 3.05) is 47.0 Å². The van der Waals surface area contributed by atoms with Gasteiger partial charge in [-0.05, 0) is 25.2 Å². The van der Waals surface area contributed by atoms with Gasteiger partial charge in [-0.1, -0.05) is 0 Å². The summed E-state index contributed by atoms with van der Waals surface area (Å²) in [7, 11) is 3.47. The number of fused-ring (bicyclic) bond motifs is 3. The molecule has 0 saturated carbocycles. The molecule has 2 bridgehead atoms. The topological polar surface area (TPSA) is 79.3 Å². The third kappa shape index (κ3) is 4.67. The smallest absolute Gasteiger partial charge is 0.290 e. The molecule has 25 heavy (non-hydrogen) atoms. The van der Waals surface area contributed by atoms with E-state index in [2.05, 4.69) is 11.9 Å². The van der Waals surface area contributed by atoms with E-state index in [1.54, 1.807) is 6.07 Å². The van der Waals surface area contributed by atoms with Crippen molar-refractivity contribution in [3.8, 4) is 5.75 Å². The molecular formula is C17H23FN2O5. The lowest BCUT2D eigenvalue weighted by Gasteiger charge is -2.29. The Bertz CT molecular complexity index is 613. The van der Waals surface area contributed by atoms with Crippen LogP contribution in [0.3, 0.4) is 0 Å². The van der Waals surface area contributed by atoms with Gasteiger partial charge in [0.05, 0.1) is 26.4 Å². The third-order valence-corrected chi connectivity index (χ3v) is 4.43. The van der Waals surface area contributed by atoms with Gasteiger partial charge >= 0.3 is 0 Å². The van der Waals surface area contributed by atoms with E-state index < -0.39 is 5.82 Å². The predicted molar refractivity (Wildman–Crippen MR) is 88.3 cm³/mol. The largest absolute Gasteiger partial charge is 0.494 e. The van der Waals surface area contributed by atoms with Crippen LogP contribution in [0.1, 0.15) is 10.4 Å². The van der Waals surface area contributed by atoms with E-state index in [4.69, 9.17) is 19.4 Å². The van der Waals surface area contributed by atoms with E-state index >= 15 is 0 Å². The van der Waals surface area contributed by atoms with Gasteiger partial charge in [0, 0.05) is 31.1 Å². The van der Waals surface area contributed by atoms with Crippen LogP contribution in [0.5, 0.6) is 5.75 Å². The van der Waals surface area contributed by atoms with Crippen molar-refractivity contribution in [3.63, 3.8) is 0 Å². The van der Waals surface area contributed by atoms with Crippen LogP contribution in [-0.4, -0.2) is 80.3 Å². The Hall–Kier alpha value is -2.19. The molecule has 0 radical (unpaired) electrons. The SMILES string of the molecule is COc1ccc(C(=O)N2C[C@@H]3COC[C@H](C2)N(C)C3)cc1F.O=CO. The number of halogens is 1. The van der Waals surface area contributed by atoms with E-state index in [0.717, 1.165) is 6.54 Å². The molecule has 0 aromatic heterocycles. The van der Waals surface area contributed by atoms with Crippen LogP contribution in [0, 0.1) is 11.7 Å². The minimum absolute atomic E-state index is 0.131. The number of methoxy groups -OCH3 is 1. The molecule has 0 spiro atoms. The second-order valence-electron chi connectivity index (χ2n) is 6.16. The van der Waals surface area contributed by atoms with Crippen LogP contribution in [-0.2, 0) is 9.53 Å². The Morgan fingerprint density at radius 2 is 2.08 bits per heavy atom. The average Bonchev–Trinajstić information content (AvgIpc) is 2.83. The maximum Gasteiger partial charge on any atom is 0.290 e. The predicted octanol–water partition coefficient (Wildman–Crippen LogP) is 0.938. The number of hydrogen-bond acceptors (Lipinski definition) is 5. The summed E-state index contributed by atoms with van der Waals surface area (Å²) in [4.78, 5) is 25.1. The summed E-state index contributed by atoms with van der Waals surface area (Å²) in [6.07, 6.45) is 0. The Morgan fingerprint density at radius 1 is 1.36 bits per heavy atom. The molecule has 0 aliphatic carbocycles. The molecule has 2 aliphatic rings. The monoisotopic (exact) mass is 354 g/mol. The number of ether oxygens (including phenoxy) is 2. The van der Waals surface area contributed by atoms with Gasteiger partial charge in [0.15, 0.2) is 11.6 Å². The number of benzene rings is 1. The maximum atomic E-state index is 13.8. The summed E-state index contributed by atoms with van der Waals surface area (Å²) in [6.45, 7) is 3.23. The number of likely N-dealkylation sites (N-methyl/N-ethyl adjacent to an activating group) is 1. The molecule has 2 fully saturated rings. The highest BCUT2D eigenvalue weighted by Gasteiger charge is 2.33. The molecule has 1 aromatic carbocycles. The quantitative estimate of drug-likeness (QED) is 0.797. The number of amides is 1. The van der Waals surface area contributed by atoms with E-state index in [0.29, 0.717) is 37.8 Å². The zero-order valence-electron chi connectivity index (χ0n) is 14.4. The summed E-state index contributed by atoms with van der Waals surface area (Å²) in [5, 5.41) is 6.89. The van der Waals surface area contributed by atoms with Gasteiger partial charge in [-0.25, -0.2) is 4.39 Å². The molecule has 0 unspecified atom stereocenters. The molecule has 2 saturated heterocycles. The molecule has 1 N–H and O–H groups in total. The number of hydrogen-bond donors (Lipinski definition) is 1. The van der Waals surface area contributed by atoms with Gasteiger partial charge in [-0.15, -0.1) is 0 Å². The minimum Gasteiger partial charge on any atom is -0.494 e. The summed E-state index contributed by atoms with van der Waals surface area (Å²) < 4.78 is 24.4. The van der Waals surface area contributed by atoms with E-state index in [9.17, 15) is 9.18 Å². The van der Waals surface area contributed by atoms with Gasteiger partial charge in [0.25, 0.3) is 12.4 Å². The van der Waals surface area contributed by atoms with Crippen molar-refractivity contribution in [1.29, 1.82) is 0 Å². The first-order chi connectivity index (χ1) is 12.0. The number of nitrogens with zero attached hydrogens (tertiary/aromatic N) is 2. The van der Waals surface area contributed by atoms with Crippen molar-refractivity contribution < 1.29 is 28.6 Å². The standard InChI is InChI=1S/C16H21FN2O3.CH2O2/c1-18-6-11-7-19(8-13(18)10-22-9-11)16(20)12-3-4-15(21-2)14(17)5-12;2-1-3/h3-5,11,13H,6-10H2,1-2H3;1H,(H,2,3)/t11-,13+;/m1./s1. The van der Waals surface area contributed by atoms with Crippen LogP contribution in [0.2, 0.25) is 0 Å². The van der Waals surface area contributed by atoms with Crippen molar-refractivity contribution in [1.82, 2.24) is 9.80 Å². The maximum absolute atomic E-state index is 13.8. The van der Waals surface area contributed by atoms with Gasteiger partial charge < -0.3 is 19.5 Å². The van der Waals surface area contributed by atoms with Crippen molar-refractivity contribution in [2.45, 2.75) is 6.04 Å². The Labute approximate surface area is 145 Å². The van der Waals surface area contributed by atoms with Crippen LogP contribution in [0.25, 0.3) is 0 Å². The summed E-state index contributed by atoms with van der Waals surface area (Å²) in [6, 6.07) is 4.56. The summed E-state index contributed by atoms with van der Waals surface area (Å²) in [5.41, 5.74) is 0.363. The lowest BCUT2D eigenvalue weighted by Crippen LogP contribution is -2.44. The Balaban J connectivity index is 0.000000701. The first-order valence-corrected chi connectivity index (χ1v) is 7.98. The Morgan fingerprint density at radius 3 is 2.72 bits per heavy atom. The second kappa shape index (κ2) is 8.77. The highest BCUT2D eigenvalue weighted by atomic mass is 19.1. The van der Waals surface area contributed by atoms with Gasteiger partial charge in [-0.2, -0.15) is 0 Å². The lowest BCUT2D eigenvalue weighted by molar-refractivity contribution is -0.122. The average molecular weight is 354 g/mol. The first kappa shape index (κ1) is 19.1. The highest BCUT2D eigenvalue weighted by molar-refractivity contribution is 5.94. The zero-order valence-corrected chi connectivity index (χ0v) is 14.4. The number of carboxylic acid groups (broad SMARTS) is 1. The van der Waals surface area contributed by atoms with Gasteiger partial charge in [0.2, 0.25) is 0 Å². The molecule has 2 aliphatic heterocycles. The van der Waals surface area contributed by atoms with Crippen LogP contribution < -0.4 is 4.74 Å². The summed E-state index contributed by atoms with van der Waals surface area (Å²) >= 11 is 0. The summed E-state index contributed by atoms with van der Waals surface area (Å²) in [5.74, 6) is -0.195. The minimum atomic E-state index is -0.510. The van der Waals surface area contributed by atoms with Crippen LogP contribution in [0.4, 0.5) is 4.39 Å². The molecule has 1 aromatic rings. The van der Waals surface area contributed by atoms with Gasteiger partial charge in [0.1, 0.15) is 0 Å². The number of carbonyl (C=O) groups excluding carboxylic acids is 1. The molecule has 2 heterocycles. The van der Waals surface area contributed by atoms with Crippen LogP contribution >= 0.6 is 0 Å². The van der Waals surface area contributed by atoms with E-state index in [1.165, 1.54) is 19.2 Å². The van der Waals surface area contributed by atoms with E-state index in [1.807, 2.05) is 4.90 Å². The molecular weight excluding hydrogens is 331 g/mol. The second-order valence-corrected chi connectivity index (χ2v) is 6.16. The molecule has 1 amide bonds. The fourth-order valence-electron chi connectivity index (χ4n) is 3.20. The normalized spacial score (nSPS) is 23.1.